The standard InChI is InChI=1S/C13H19NO2S/c15-17(16,11-13-7-4-9-14-13)10-8-12-5-2-1-3-6-12/h1-3,5-6,13-14H,4,7-11H2. The lowest BCUT2D eigenvalue weighted by Crippen LogP contribution is -2.31. The van der Waals surface area contributed by atoms with E-state index >= 15 is 0 Å². The third-order valence-corrected chi connectivity index (χ3v) is 4.90. The Balaban J connectivity index is 1.85. The summed E-state index contributed by atoms with van der Waals surface area (Å²) < 4.78 is 23.8. The summed E-state index contributed by atoms with van der Waals surface area (Å²) in [5.74, 6) is 0.551. The van der Waals surface area contributed by atoms with Crippen molar-refractivity contribution in [2.45, 2.75) is 25.3 Å². The number of benzene rings is 1. The largest absolute Gasteiger partial charge is 0.313 e. The molecule has 94 valence electrons. The average molecular weight is 253 g/mol. The molecule has 1 heterocycles. The summed E-state index contributed by atoms with van der Waals surface area (Å²) in [5.41, 5.74) is 1.09. The molecule has 0 aromatic heterocycles. The van der Waals surface area contributed by atoms with Crippen LogP contribution in [0.25, 0.3) is 0 Å². The van der Waals surface area contributed by atoms with Crippen molar-refractivity contribution in [3.8, 4) is 0 Å². The maximum atomic E-state index is 11.9. The number of nitrogens with one attached hydrogen (secondary N) is 1. The lowest BCUT2D eigenvalue weighted by atomic mass is 10.2. The maximum absolute atomic E-state index is 11.9. The van der Waals surface area contributed by atoms with E-state index in [9.17, 15) is 8.42 Å². The van der Waals surface area contributed by atoms with Crippen molar-refractivity contribution in [3.05, 3.63) is 35.9 Å². The van der Waals surface area contributed by atoms with Gasteiger partial charge in [-0.25, -0.2) is 8.42 Å². The lowest BCUT2D eigenvalue weighted by molar-refractivity contribution is 0.576. The van der Waals surface area contributed by atoms with Gasteiger partial charge in [0.25, 0.3) is 0 Å². The monoisotopic (exact) mass is 253 g/mol. The van der Waals surface area contributed by atoms with Gasteiger partial charge in [-0.05, 0) is 31.4 Å². The van der Waals surface area contributed by atoms with Gasteiger partial charge in [0, 0.05) is 6.04 Å². The Hall–Kier alpha value is -0.870. The lowest BCUT2D eigenvalue weighted by Gasteiger charge is -2.10. The van der Waals surface area contributed by atoms with Crippen LogP contribution in [-0.2, 0) is 16.3 Å². The molecule has 1 aliphatic rings. The van der Waals surface area contributed by atoms with Crippen molar-refractivity contribution in [1.82, 2.24) is 5.32 Å². The molecule has 1 N–H and O–H groups in total. The summed E-state index contributed by atoms with van der Waals surface area (Å²) in [6.45, 7) is 0.957. The summed E-state index contributed by atoms with van der Waals surface area (Å²) in [7, 11) is -2.93. The molecule has 1 saturated heterocycles. The maximum Gasteiger partial charge on any atom is 0.152 e. The Kier molecular flexibility index (Phi) is 4.18. The van der Waals surface area contributed by atoms with Gasteiger partial charge in [-0.2, -0.15) is 0 Å². The highest BCUT2D eigenvalue weighted by molar-refractivity contribution is 7.91. The van der Waals surface area contributed by atoms with Gasteiger partial charge in [-0.15, -0.1) is 0 Å². The second-order valence-electron chi connectivity index (χ2n) is 4.64. The van der Waals surface area contributed by atoms with E-state index in [1.54, 1.807) is 0 Å². The Morgan fingerprint density at radius 2 is 2.00 bits per heavy atom. The van der Waals surface area contributed by atoms with Crippen molar-refractivity contribution in [1.29, 1.82) is 0 Å². The van der Waals surface area contributed by atoms with E-state index in [4.69, 9.17) is 0 Å². The van der Waals surface area contributed by atoms with Crippen molar-refractivity contribution < 1.29 is 8.42 Å². The van der Waals surface area contributed by atoms with Crippen LogP contribution >= 0.6 is 0 Å². The molecule has 1 fully saturated rings. The first-order valence-corrected chi connectivity index (χ1v) is 7.96. The molecule has 1 aliphatic heterocycles. The highest BCUT2D eigenvalue weighted by Crippen LogP contribution is 2.09. The Morgan fingerprint density at radius 3 is 2.65 bits per heavy atom. The predicted octanol–water partition coefficient (Wildman–Crippen LogP) is 1.40. The van der Waals surface area contributed by atoms with E-state index < -0.39 is 9.84 Å². The summed E-state index contributed by atoms with van der Waals surface area (Å²) in [6.07, 6.45) is 2.71. The zero-order chi connectivity index (χ0) is 12.1. The first kappa shape index (κ1) is 12.6. The number of hydrogen-bond acceptors (Lipinski definition) is 3. The molecular formula is C13H19NO2S. The molecule has 1 aromatic rings. The van der Waals surface area contributed by atoms with E-state index in [2.05, 4.69) is 5.32 Å². The van der Waals surface area contributed by atoms with E-state index in [0.717, 1.165) is 24.9 Å². The number of hydrogen-bond donors (Lipinski definition) is 1. The third-order valence-electron chi connectivity index (χ3n) is 3.16. The molecule has 0 aliphatic carbocycles. The fourth-order valence-electron chi connectivity index (χ4n) is 2.21. The van der Waals surface area contributed by atoms with Crippen LogP contribution in [0.15, 0.2) is 30.3 Å². The van der Waals surface area contributed by atoms with Crippen LogP contribution in [0.5, 0.6) is 0 Å². The van der Waals surface area contributed by atoms with Crippen LogP contribution in [0, 0.1) is 0 Å². The molecule has 1 aromatic carbocycles. The summed E-state index contributed by atoms with van der Waals surface area (Å²) >= 11 is 0. The summed E-state index contributed by atoms with van der Waals surface area (Å²) in [4.78, 5) is 0. The molecule has 0 saturated carbocycles. The molecule has 0 amide bonds. The average Bonchev–Trinajstić information content (AvgIpc) is 2.80. The Morgan fingerprint density at radius 1 is 1.24 bits per heavy atom. The SMILES string of the molecule is O=S(=O)(CCc1ccccc1)CC1CCCN1. The molecule has 3 nitrogen and oxygen atoms in total. The second-order valence-corrected chi connectivity index (χ2v) is 6.87. The minimum Gasteiger partial charge on any atom is -0.313 e. The van der Waals surface area contributed by atoms with E-state index in [-0.39, 0.29) is 11.8 Å². The van der Waals surface area contributed by atoms with Crippen molar-refractivity contribution in [3.63, 3.8) is 0 Å². The summed E-state index contributed by atoms with van der Waals surface area (Å²) in [6, 6.07) is 9.96. The van der Waals surface area contributed by atoms with Gasteiger partial charge < -0.3 is 5.32 Å². The van der Waals surface area contributed by atoms with Gasteiger partial charge in [-0.1, -0.05) is 30.3 Å². The minimum absolute atomic E-state index is 0.177. The fourth-order valence-corrected chi connectivity index (χ4v) is 3.82. The minimum atomic E-state index is -2.93. The Labute approximate surface area is 103 Å². The van der Waals surface area contributed by atoms with Gasteiger partial charge in [0.2, 0.25) is 0 Å². The molecule has 17 heavy (non-hydrogen) atoms. The van der Waals surface area contributed by atoms with Crippen LogP contribution in [0.4, 0.5) is 0 Å². The predicted molar refractivity (Wildman–Crippen MR) is 69.8 cm³/mol. The van der Waals surface area contributed by atoms with Gasteiger partial charge >= 0.3 is 0 Å². The fraction of sp³-hybridized carbons (Fsp3) is 0.538. The second kappa shape index (κ2) is 5.65. The number of sulfone groups is 1. The smallest absolute Gasteiger partial charge is 0.152 e. The molecule has 4 heteroatoms. The van der Waals surface area contributed by atoms with Crippen molar-refractivity contribution in [2.75, 3.05) is 18.1 Å². The zero-order valence-electron chi connectivity index (χ0n) is 9.93. The first-order valence-electron chi connectivity index (χ1n) is 6.13. The topological polar surface area (TPSA) is 46.2 Å². The van der Waals surface area contributed by atoms with Crippen LogP contribution in [0.2, 0.25) is 0 Å². The molecule has 0 bridgehead atoms. The van der Waals surface area contributed by atoms with Gasteiger partial charge in [0.15, 0.2) is 9.84 Å². The van der Waals surface area contributed by atoms with Gasteiger partial charge in [-0.3, -0.25) is 0 Å². The molecule has 0 radical (unpaired) electrons. The zero-order valence-corrected chi connectivity index (χ0v) is 10.7. The quantitative estimate of drug-likeness (QED) is 0.862. The van der Waals surface area contributed by atoms with Crippen molar-refractivity contribution >= 4 is 9.84 Å². The molecule has 0 spiro atoms. The van der Waals surface area contributed by atoms with Gasteiger partial charge in [0.05, 0.1) is 11.5 Å². The van der Waals surface area contributed by atoms with Gasteiger partial charge in [0.1, 0.15) is 0 Å². The molecular weight excluding hydrogens is 234 g/mol. The van der Waals surface area contributed by atoms with Crippen molar-refractivity contribution in [2.24, 2.45) is 0 Å². The van der Waals surface area contributed by atoms with E-state index in [1.165, 1.54) is 0 Å². The third kappa shape index (κ3) is 4.13. The highest BCUT2D eigenvalue weighted by Gasteiger charge is 2.21. The van der Waals surface area contributed by atoms with Crippen LogP contribution in [-0.4, -0.2) is 32.5 Å². The Bertz CT molecular complexity index is 436. The number of rotatable bonds is 5. The highest BCUT2D eigenvalue weighted by atomic mass is 32.2. The van der Waals surface area contributed by atoms with E-state index in [1.807, 2.05) is 30.3 Å². The first-order chi connectivity index (χ1) is 8.16. The van der Waals surface area contributed by atoms with Crippen LogP contribution in [0.3, 0.4) is 0 Å². The van der Waals surface area contributed by atoms with E-state index in [0.29, 0.717) is 12.2 Å². The number of aryl methyl sites for hydroxylation is 1. The summed E-state index contributed by atoms with van der Waals surface area (Å²) in [5, 5.41) is 3.23. The normalized spacial score (nSPS) is 20.6. The van der Waals surface area contributed by atoms with Crippen LogP contribution < -0.4 is 5.32 Å². The molecule has 1 atom stereocenters. The molecule has 1 unspecified atom stereocenters. The molecule has 2 rings (SSSR count). The van der Waals surface area contributed by atoms with Crippen LogP contribution in [0.1, 0.15) is 18.4 Å².